The number of hydrogen-bond donors (Lipinski definition) is 1. The first kappa shape index (κ1) is 12.9. The van der Waals surface area contributed by atoms with E-state index in [0.717, 1.165) is 25.9 Å². The second kappa shape index (κ2) is 4.63. The molecule has 2 rings (SSSR count). The van der Waals surface area contributed by atoms with Crippen molar-refractivity contribution in [2.75, 3.05) is 18.0 Å². The molecule has 0 radical (unpaired) electrons. The van der Waals surface area contributed by atoms with Crippen molar-refractivity contribution >= 4 is 11.7 Å². The molecule has 0 saturated carbocycles. The number of nitrogens with zero attached hydrogens (tertiary/aromatic N) is 1. The van der Waals surface area contributed by atoms with Crippen LogP contribution in [0.4, 0.5) is 5.69 Å². The highest BCUT2D eigenvalue weighted by atomic mass is 16.4. The summed E-state index contributed by atoms with van der Waals surface area (Å²) in [4.78, 5) is 13.6. The fourth-order valence-electron chi connectivity index (χ4n) is 2.74. The maximum atomic E-state index is 11.2. The van der Waals surface area contributed by atoms with E-state index < -0.39 is 11.4 Å². The van der Waals surface area contributed by atoms with Crippen LogP contribution in [0.25, 0.3) is 0 Å². The molecule has 3 heteroatoms. The fraction of sp³-hybridized carbons (Fsp3) is 0.533. The number of rotatable bonds is 2. The molecule has 1 heterocycles. The topological polar surface area (TPSA) is 40.5 Å². The number of piperidine rings is 1. The largest absolute Gasteiger partial charge is 0.481 e. The smallest absolute Gasteiger partial charge is 0.309 e. The predicted octanol–water partition coefficient (Wildman–Crippen LogP) is 2.99. The van der Waals surface area contributed by atoms with Crippen molar-refractivity contribution in [2.45, 2.75) is 33.6 Å². The van der Waals surface area contributed by atoms with Crippen LogP contribution >= 0.6 is 0 Å². The number of anilines is 1. The zero-order chi connectivity index (χ0) is 13.3. The van der Waals surface area contributed by atoms with Crippen LogP contribution in [0.15, 0.2) is 18.2 Å². The van der Waals surface area contributed by atoms with Gasteiger partial charge in [0.2, 0.25) is 0 Å². The van der Waals surface area contributed by atoms with Gasteiger partial charge in [-0.05, 0) is 44.7 Å². The lowest BCUT2D eigenvalue weighted by Crippen LogP contribution is -2.43. The number of benzene rings is 1. The molecular formula is C15H21NO2. The minimum absolute atomic E-state index is 0.549. The number of aliphatic carboxylic acids is 1. The van der Waals surface area contributed by atoms with E-state index in [-0.39, 0.29) is 0 Å². The van der Waals surface area contributed by atoms with Crippen LogP contribution in [-0.2, 0) is 4.79 Å². The summed E-state index contributed by atoms with van der Waals surface area (Å²) in [6.07, 6.45) is 1.44. The Hall–Kier alpha value is -1.51. The minimum atomic E-state index is -0.663. The molecule has 1 aliphatic heterocycles. The predicted molar refractivity (Wildman–Crippen MR) is 73.1 cm³/mol. The number of carbonyl (C=O) groups is 1. The molecule has 3 nitrogen and oxygen atoms in total. The highest BCUT2D eigenvalue weighted by molar-refractivity contribution is 5.74. The van der Waals surface area contributed by atoms with Gasteiger partial charge in [-0.25, -0.2) is 0 Å². The molecule has 0 atom stereocenters. The zero-order valence-electron chi connectivity index (χ0n) is 11.4. The van der Waals surface area contributed by atoms with Gasteiger partial charge in [0.05, 0.1) is 5.41 Å². The molecule has 1 aromatic carbocycles. The van der Waals surface area contributed by atoms with Crippen LogP contribution in [0, 0.1) is 19.3 Å². The molecule has 0 aromatic heterocycles. The molecule has 1 saturated heterocycles. The van der Waals surface area contributed by atoms with Crippen molar-refractivity contribution in [3.63, 3.8) is 0 Å². The summed E-state index contributed by atoms with van der Waals surface area (Å²) in [5.74, 6) is -0.663. The van der Waals surface area contributed by atoms with Crippen molar-refractivity contribution in [3.05, 3.63) is 29.3 Å². The van der Waals surface area contributed by atoms with E-state index in [4.69, 9.17) is 0 Å². The van der Waals surface area contributed by atoms with Gasteiger partial charge in [0.1, 0.15) is 0 Å². The van der Waals surface area contributed by atoms with Crippen molar-refractivity contribution < 1.29 is 9.90 Å². The van der Waals surface area contributed by atoms with E-state index in [1.54, 1.807) is 0 Å². The first-order chi connectivity index (χ1) is 8.44. The lowest BCUT2D eigenvalue weighted by molar-refractivity contribution is -0.149. The Morgan fingerprint density at radius 2 is 1.72 bits per heavy atom. The van der Waals surface area contributed by atoms with Crippen LogP contribution < -0.4 is 4.90 Å². The third-order valence-electron chi connectivity index (χ3n) is 4.14. The SMILES string of the molecule is Cc1cccc(C)c1N1CCC(C)(C(=O)O)CC1. The number of para-hydroxylation sites is 1. The molecule has 1 aromatic rings. The Bertz CT molecular complexity index is 439. The van der Waals surface area contributed by atoms with E-state index in [9.17, 15) is 9.90 Å². The molecule has 0 spiro atoms. The molecule has 0 aliphatic carbocycles. The zero-order valence-corrected chi connectivity index (χ0v) is 11.4. The van der Waals surface area contributed by atoms with Crippen molar-refractivity contribution in [2.24, 2.45) is 5.41 Å². The van der Waals surface area contributed by atoms with Crippen LogP contribution in [0.2, 0.25) is 0 Å². The molecule has 0 amide bonds. The number of aryl methyl sites for hydroxylation is 2. The monoisotopic (exact) mass is 247 g/mol. The summed E-state index contributed by atoms with van der Waals surface area (Å²) in [6.45, 7) is 7.75. The van der Waals surface area contributed by atoms with Crippen LogP contribution in [-0.4, -0.2) is 24.2 Å². The Morgan fingerprint density at radius 3 is 2.17 bits per heavy atom. The third-order valence-corrected chi connectivity index (χ3v) is 4.14. The lowest BCUT2D eigenvalue weighted by atomic mass is 9.80. The van der Waals surface area contributed by atoms with Gasteiger partial charge in [-0.15, -0.1) is 0 Å². The molecule has 18 heavy (non-hydrogen) atoms. The summed E-state index contributed by atoms with van der Waals surface area (Å²) in [5, 5.41) is 9.24. The number of carboxylic acids is 1. The molecule has 1 fully saturated rings. The van der Waals surface area contributed by atoms with Crippen molar-refractivity contribution in [1.29, 1.82) is 0 Å². The summed E-state index contributed by atoms with van der Waals surface area (Å²) in [5.41, 5.74) is 3.28. The molecule has 1 aliphatic rings. The Kier molecular flexibility index (Phi) is 3.33. The summed E-state index contributed by atoms with van der Waals surface area (Å²) in [7, 11) is 0. The van der Waals surface area contributed by atoms with Gasteiger partial charge in [-0.3, -0.25) is 4.79 Å². The maximum absolute atomic E-state index is 11.2. The van der Waals surface area contributed by atoms with Crippen molar-refractivity contribution in [1.82, 2.24) is 0 Å². The van der Waals surface area contributed by atoms with Gasteiger partial charge in [0.25, 0.3) is 0 Å². The third kappa shape index (κ3) is 2.22. The van der Waals surface area contributed by atoms with Gasteiger partial charge in [0.15, 0.2) is 0 Å². The van der Waals surface area contributed by atoms with E-state index in [1.807, 2.05) is 6.92 Å². The summed E-state index contributed by atoms with van der Waals surface area (Å²) in [6, 6.07) is 6.31. The first-order valence-corrected chi connectivity index (χ1v) is 6.48. The highest BCUT2D eigenvalue weighted by Crippen LogP contribution is 2.35. The number of carboxylic acid groups (broad SMARTS) is 1. The Morgan fingerprint density at radius 1 is 1.22 bits per heavy atom. The minimum Gasteiger partial charge on any atom is -0.481 e. The molecule has 1 N–H and O–H groups in total. The average molecular weight is 247 g/mol. The van der Waals surface area contributed by atoms with Gasteiger partial charge in [0, 0.05) is 18.8 Å². The fourth-order valence-corrected chi connectivity index (χ4v) is 2.74. The van der Waals surface area contributed by atoms with Gasteiger partial charge >= 0.3 is 5.97 Å². The molecule has 0 unspecified atom stereocenters. The van der Waals surface area contributed by atoms with Crippen LogP contribution in [0.3, 0.4) is 0 Å². The second-order valence-electron chi connectivity index (χ2n) is 5.59. The number of hydrogen-bond acceptors (Lipinski definition) is 2. The van der Waals surface area contributed by atoms with Crippen LogP contribution in [0.5, 0.6) is 0 Å². The van der Waals surface area contributed by atoms with Gasteiger partial charge in [-0.1, -0.05) is 18.2 Å². The van der Waals surface area contributed by atoms with Crippen LogP contribution in [0.1, 0.15) is 30.9 Å². The van der Waals surface area contributed by atoms with E-state index in [2.05, 4.69) is 36.9 Å². The molecular weight excluding hydrogens is 226 g/mol. The van der Waals surface area contributed by atoms with E-state index >= 15 is 0 Å². The second-order valence-corrected chi connectivity index (χ2v) is 5.59. The normalized spacial score (nSPS) is 18.7. The summed E-state index contributed by atoms with van der Waals surface area (Å²) < 4.78 is 0. The molecule has 0 bridgehead atoms. The Labute approximate surface area is 108 Å². The molecule has 98 valence electrons. The Balaban J connectivity index is 2.18. The standard InChI is InChI=1S/C15H21NO2/c1-11-5-4-6-12(2)13(11)16-9-7-15(3,8-10-16)14(17)18/h4-6H,7-10H2,1-3H3,(H,17,18). The maximum Gasteiger partial charge on any atom is 0.309 e. The van der Waals surface area contributed by atoms with Crippen molar-refractivity contribution in [3.8, 4) is 0 Å². The van der Waals surface area contributed by atoms with E-state index in [1.165, 1.54) is 16.8 Å². The summed E-state index contributed by atoms with van der Waals surface area (Å²) >= 11 is 0. The van der Waals surface area contributed by atoms with Gasteiger partial charge in [-0.2, -0.15) is 0 Å². The highest BCUT2D eigenvalue weighted by Gasteiger charge is 2.37. The quantitative estimate of drug-likeness (QED) is 0.873. The first-order valence-electron chi connectivity index (χ1n) is 6.48. The average Bonchev–Trinajstić information content (AvgIpc) is 2.31. The van der Waals surface area contributed by atoms with E-state index in [0.29, 0.717) is 0 Å². The lowest BCUT2D eigenvalue weighted by Gasteiger charge is -2.39. The van der Waals surface area contributed by atoms with Gasteiger partial charge < -0.3 is 10.0 Å².